The summed E-state index contributed by atoms with van der Waals surface area (Å²) in [5.74, 6) is -0.672. The highest BCUT2D eigenvalue weighted by Gasteiger charge is 2.24. The van der Waals surface area contributed by atoms with Gasteiger partial charge in [-0.1, -0.05) is 6.08 Å². The smallest absolute Gasteiger partial charge is 0.263 e. The molecule has 7 nitrogen and oxygen atoms in total. The van der Waals surface area contributed by atoms with Crippen LogP contribution in [0.3, 0.4) is 0 Å². The summed E-state index contributed by atoms with van der Waals surface area (Å²) in [7, 11) is 3.09. The van der Waals surface area contributed by atoms with Crippen LogP contribution in [0, 0.1) is 0 Å². The van der Waals surface area contributed by atoms with E-state index in [0.29, 0.717) is 29.6 Å². The molecule has 0 unspecified atom stereocenters. The van der Waals surface area contributed by atoms with Crippen LogP contribution in [0.5, 0.6) is 0 Å². The maximum atomic E-state index is 12.0. The number of amides is 2. The molecule has 0 fully saturated rings. The van der Waals surface area contributed by atoms with E-state index in [2.05, 4.69) is 22.5 Å². The fourth-order valence-corrected chi connectivity index (χ4v) is 2.66. The number of carbonyl (C=O) groups is 2. The van der Waals surface area contributed by atoms with Gasteiger partial charge in [0.15, 0.2) is 0 Å². The summed E-state index contributed by atoms with van der Waals surface area (Å²) in [6.07, 6.45) is 1.57. The Kier molecular flexibility index (Phi) is 6.70. The zero-order valence-electron chi connectivity index (χ0n) is 12.1. The average Bonchev–Trinajstić information content (AvgIpc) is 2.81. The highest BCUT2D eigenvalue weighted by molar-refractivity contribution is 7.19. The third kappa shape index (κ3) is 4.20. The van der Waals surface area contributed by atoms with Crippen LogP contribution in [0.4, 0.5) is 10.7 Å². The van der Waals surface area contributed by atoms with Crippen molar-refractivity contribution in [1.82, 2.24) is 10.6 Å². The molecule has 0 saturated carbocycles. The number of hydrogen-bond donors (Lipinski definition) is 4. The van der Waals surface area contributed by atoms with Gasteiger partial charge >= 0.3 is 0 Å². The summed E-state index contributed by atoms with van der Waals surface area (Å²) in [6.45, 7) is 4.84. The number of nitrogens with one attached hydrogen (secondary N) is 3. The van der Waals surface area contributed by atoms with Crippen LogP contribution in [0.2, 0.25) is 0 Å². The van der Waals surface area contributed by atoms with Gasteiger partial charge in [-0.25, -0.2) is 0 Å². The van der Waals surface area contributed by atoms with Crippen molar-refractivity contribution in [2.45, 2.75) is 0 Å². The summed E-state index contributed by atoms with van der Waals surface area (Å²) in [5.41, 5.74) is 6.40. The van der Waals surface area contributed by atoms with Crippen LogP contribution in [0.15, 0.2) is 12.7 Å². The van der Waals surface area contributed by atoms with E-state index >= 15 is 0 Å². The molecule has 0 spiro atoms. The van der Waals surface area contributed by atoms with Gasteiger partial charge in [-0.3, -0.25) is 9.59 Å². The Labute approximate surface area is 127 Å². The lowest BCUT2D eigenvalue weighted by Gasteiger charge is -2.06. The minimum Gasteiger partial charge on any atom is -0.397 e. The fraction of sp³-hybridized carbons (Fsp3) is 0.385. The van der Waals surface area contributed by atoms with E-state index < -0.39 is 0 Å². The van der Waals surface area contributed by atoms with Crippen molar-refractivity contribution in [3.63, 3.8) is 0 Å². The number of anilines is 2. The minimum atomic E-state index is -0.341. The number of nitrogens with two attached hydrogens (primary N) is 1. The second-order valence-corrected chi connectivity index (χ2v) is 5.07. The highest BCUT2D eigenvalue weighted by Crippen LogP contribution is 2.35. The lowest BCUT2D eigenvalue weighted by molar-refractivity contribution is 0.0960. The second-order valence-electron chi connectivity index (χ2n) is 4.05. The number of nitrogen functional groups attached to an aromatic ring is 1. The average molecular weight is 312 g/mol. The Hall–Kier alpha value is -2.06. The molecule has 2 amide bonds. The molecule has 0 atom stereocenters. The molecule has 1 rings (SSSR count). The summed E-state index contributed by atoms with van der Waals surface area (Å²) in [5, 5.41) is 8.76. The maximum Gasteiger partial charge on any atom is 0.263 e. The minimum absolute atomic E-state index is 0.167. The first-order valence-electron chi connectivity index (χ1n) is 6.33. The van der Waals surface area contributed by atoms with Crippen LogP contribution in [-0.4, -0.2) is 45.7 Å². The first-order chi connectivity index (χ1) is 10.1. The van der Waals surface area contributed by atoms with Gasteiger partial charge in [-0.05, 0) is 0 Å². The fourth-order valence-electron chi connectivity index (χ4n) is 1.60. The van der Waals surface area contributed by atoms with E-state index in [1.807, 2.05) is 0 Å². The molecule has 0 aliphatic heterocycles. The molecule has 0 aliphatic rings. The monoisotopic (exact) mass is 312 g/mol. The molecule has 116 valence electrons. The van der Waals surface area contributed by atoms with Gasteiger partial charge in [0.1, 0.15) is 9.88 Å². The zero-order chi connectivity index (χ0) is 15.8. The number of thiophene rings is 1. The predicted octanol–water partition coefficient (Wildman–Crippen LogP) is 0.664. The molecule has 0 aromatic carbocycles. The van der Waals surface area contributed by atoms with Crippen molar-refractivity contribution in [2.75, 3.05) is 44.9 Å². The quantitative estimate of drug-likeness (QED) is 0.417. The van der Waals surface area contributed by atoms with Gasteiger partial charge in [0.2, 0.25) is 0 Å². The topological polar surface area (TPSA) is 105 Å². The number of ether oxygens (including phenoxy) is 1. The third-order valence-corrected chi connectivity index (χ3v) is 3.77. The predicted molar refractivity (Wildman–Crippen MR) is 85.0 cm³/mol. The molecule has 1 heterocycles. The molecule has 1 aromatic heterocycles. The van der Waals surface area contributed by atoms with E-state index in [1.165, 1.54) is 7.05 Å². The van der Waals surface area contributed by atoms with Gasteiger partial charge in [0.25, 0.3) is 11.8 Å². The molecular weight excluding hydrogens is 292 g/mol. The Morgan fingerprint density at radius 2 is 2.14 bits per heavy atom. The Morgan fingerprint density at radius 3 is 2.71 bits per heavy atom. The van der Waals surface area contributed by atoms with Crippen LogP contribution in [0.25, 0.3) is 0 Å². The third-order valence-electron chi connectivity index (χ3n) is 2.60. The summed E-state index contributed by atoms with van der Waals surface area (Å²) in [4.78, 5) is 24.3. The largest absolute Gasteiger partial charge is 0.397 e. The zero-order valence-corrected chi connectivity index (χ0v) is 12.9. The van der Waals surface area contributed by atoms with Crippen LogP contribution in [0.1, 0.15) is 20.0 Å². The van der Waals surface area contributed by atoms with Crippen LogP contribution >= 0.6 is 11.3 Å². The van der Waals surface area contributed by atoms with Gasteiger partial charge in [0, 0.05) is 27.2 Å². The Morgan fingerprint density at radius 1 is 1.43 bits per heavy atom. The van der Waals surface area contributed by atoms with Crippen molar-refractivity contribution >= 4 is 33.8 Å². The van der Waals surface area contributed by atoms with E-state index in [4.69, 9.17) is 10.5 Å². The van der Waals surface area contributed by atoms with Crippen molar-refractivity contribution in [2.24, 2.45) is 0 Å². The maximum absolute atomic E-state index is 12.0. The first kappa shape index (κ1) is 17.0. The number of carbonyl (C=O) groups excluding carboxylic acids is 2. The van der Waals surface area contributed by atoms with Crippen LogP contribution < -0.4 is 21.7 Å². The number of methoxy groups -OCH3 is 1. The molecule has 1 aromatic rings. The Bertz CT molecular complexity index is 528. The van der Waals surface area contributed by atoms with Crippen LogP contribution in [-0.2, 0) is 4.74 Å². The second kappa shape index (κ2) is 8.28. The summed E-state index contributed by atoms with van der Waals surface area (Å²) < 4.78 is 4.95. The standard InChI is InChI=1S/C13H20N4O3S/c1-4-5-16-12(19)10-9(14)8(11(18)15-2)13(21-10)17-6-7-20-3/h4,17H,1,5-7,14H2,2-3H3,(H,15,18)(H,16,19). The van der Waals surface area contributed by atoms with E-state index in [1.54, 1.807) is 13.2 Å². The summed E-state index contributed by atoms with van der Waals surface area (Å²) in [6, 6.07) is 0. The lowest BCUT2D eigenvalue weighted by Crippen LogP contribution is -2.24. The Balaban J connectivity index is 3.07. The molecular formula is C13H20N4O3S. The molecule has 0 aliphatic carbocycles. The normalized spacial score (nSPS) is 10.0. The highest BCUT2D eigenvalue weighted by atomic mass is 32.1. The molecule has 5 N–H and O–H groups in total. The van der Waals surface area contributed by atoms with Crippen molar-refractivity contribution < 1.29 is 14.3 Å². The van der Waals surface area contributed by atoms with Crippen molar-refractivity contribution in [1.29, 1.82) is 0 Å². The number of hydrogen-bond acceptors (Lipinski definition) is 6. The van der Waals surface area contributed by atoms with E-state index in [0.717, 1.165) is 11.3 Å². The van der Waals surface area contributed by atoms with Gasteiger partial charge in [0.05, 0.1) is 17.9 Å². The molecule has 0 bridgehead atoms. The van der Waals surface area contributed by atoms with Gasteiger partial charge in [-0.15, -0.1) is 17.9 Å². The molecule has 8 heteroatoms. The summed E-state index contributed by atoms with van der Waals surface area (Å²) >= 11 is 1.14. The molecule has 0 radical (unpaired) electrons. The van der Waals surface area contributed by atoms with E-state index in [9.17, 15) is 9.59 Å². The number of rotatable bonds is 8. The van der Waals surface area contributed by atoms with Crippen molar-refractivity contribution in [3.8, 4) is 0 Å². The molecule has 0 saturated heterocycles. The van der Waals surface area contributed by atoms with Gasteiger partial charge < -0.3 is 26.4 Å². The lowest BCUT2D eigenvalue weighted by atomic mass is 10.2. The molecule has 21 heavy (non-hydrogen) atoms. The van der Waals surface area contributed by atoms with Gasteiger partial charge in [-0.2, -0.15) is 0 Å². The SMILES string of the molecule is C=CCNC(=O)c1sc(NCCOC)c(C(=O)NC)c1N. The first-order valence-corrected chi connectivity index (χ1v) is 7.14. The van der Waals surface area contributed by atoms with Crippen molar-refractivity contribution in [3.05, 3.63) is 23.1 Å². The van der Waals surface area contributed by atoms with E-state index in [-0.39, 0.29) is 23.1 Å².